The predicted molar refractivity (Wildman–Crippen MR) is 101 cm³/mol. The number of benzene rings is 3. The quantitative estimate of drug-likeness (QED) is 0.450. The van der Waals surface area contributed by atoms with E-state index in [9.17, 15) is 0 Å². The second kappa shape index (κ2) is 6.86. The van der Waals surface area contributed by atoms with Gasteiger partial charge in [0.15, 0.2) is 0 Å². The summed E-state index contributed by atoms with van der Waals surface area (Å²) >= 11 is 0. The summed E-state index contributed by atoms with van der Waals surface area (Å²) in [6.07, 6.45) is 5.77. The van der Waals surface area contributed by atoms with Crippen LogP contribution in [0.4, 0.5) is 0 Å². The lowest BCUT2D eigenvalue weighted by Crippen LogP contribution is -1.96. The van der Waals surface area contributed by atoms with Gasteiger partial charge in [-0.3, -0.25) is 0 Å². The van der Waals surface area contributed by atoms with E-state index in [0.29, 0.717) is 6.10 Å². The Hall–Kier alpha value is -2.64. The summed E-state index contributed by atoms with van der Waals surface area (Å²) < 4.78 is 5.42. The fourth-order valence-electron chi connectivity index (χ4n) is 3.03. The number of hydrogen-bond acceptors (Lipinski definition) is 1. The maximum absolute atomic E-state index is 5.42. The van der Waals surface area contributed by atoms with Crippen LogP contribution in [-0.2, 0) is 11.2 Å². The summed E-state index contributed by atoms with van der Waals surface area (Å²) in [5.74, 6) is 0. The zero-order valence-electron chi connectivity index (χ0n) is 13.6. The normalized spacial score (nSPS) is 16.4. The number of rotatable bonds is 5. The molecule has 1 atom stereocenters. The summed E-state index contributed by atoms with van der Waals surface area (Å²) in [7, 11) is 0. The number of epoxide rings is 1. The first-order valence-electron chi connectivity index (χ1n) is 8.42. The van der Waals surface area contributed by atoms with Crippen LogP contribution in [0, 0.1) is 0 Å². The fraction of sp³-hybridized carbons (Fsp3) is 0.130. The van der Waals surface area contributed by atoms with Crippen molar-refractivity contribution in [2.75, 3.05) is 6.61 Å². The monoisotopic (exact) mass is 312 g/mol. The first-order valence-corrected chi connectivity index (χ1v) is 8.42. The first-order chi connectivity index (χ1) is 11.9. The van der Waals surface area contributed by atoms with Gasteiger partial charge in [-0.25, -0.2) is 0 Å². The maximum atomic E-state index is 5.42. The van der Waals surface area contributed by atoms with Crippen molar-refractivity contribution in [3.05, 3.63) is 95.6 Å². The summed E-state index contributed by atoms with van der Waals surface area (Å²) in [4.78, 5) is 0. The predicted octanol–water partition coefficient (Wildman–Crippen LogP) is 5.47. The van der Waals surface area contributed by atoms with Gasteiger partial charge in [0.25, 0.3) is 0 Å². The average Bonchev–Trinajstić information content (AvgIpc) is 3.46. The molecule has 118 valence electrons. The lowest BCUT2D eigenvalue weighted by molar-refractivity contribution is 0.408. The largest absolute Gasteiger partial charge is 0.373 e. The molecule has 1 nitrogen and oxygen atoms in total. The molecular formula is C23H20O. The zero-order chi connectivity index (χ0) is 16.2. The van der Waals surface area contributed by atoms with Gasteiger partial charge in [-0.15, -0.1) is 0 Å². The second-order valence-electron chi connectivity index (χ2n) is 6.15. The van der Waals surface area contributed by atoms with Gasteiger partial charge in [-0.1, -0.05) is 91.0 Å². The van der Waals surface area contributed by atoms with Crippen LogP contribution >= 0.6 is 0 Å². The molecular weight excluding hydrogens is 292 g/mol. The molecule has 0 saturated carbocycles. The van der Waals surface area contributed by atoms with Crippen molar-refractivity contribution >= 4 is 12.2 Å². The Morgan fingerprint density at radius 1 is 0.750 bits per heavy atom. The van der Waals surface area contributed by atoms with Gasteiger partial charge in [0.2, 0.25) is 0 Å². The molecule has 3 aromatic rings. The molecule has 0 N–H and O–H groups in total. The molecule has 24 heavy (non-hydrogen) atoms. The van der Waals surface area contributed by atoms with Gasteiger partial charge in [-0.05, 0) is 27.8 Å². The summed E-state index contributed by atoms with van der Waals surface area (Å²) in [5.41, 5.74) is 6.40. The summed E-state index contributed by atoms with van der Waals surface area (Å²) in [5, 5.41) is 0. The Morgan fingerprint density at radius 2 is 1.42 bits per heavy atom. The van der Waals surface area contributed by atoms with Crippen molar-refractivity contribution in [2.45, 2.75) is 12.5 Å². The van der Waals surface area contributed by atoms with E-state index in [-0.39, 0.29) is 0 Å². The van der Waals surface area contributed by atoms with Crippen LogP contribution in [0.3, 0.4) is 0 Å². The summed E-state index contributed by atoms with van der Waals surface area (Å²) in [6.45, 7) is 0.893. The molecule has 0 bridgehead atoms. The minimum absolute atomic E-state index is 0.401. The van der Waals surface area contributed by atoms with Crippen molar-refractivity contribution in [3.8, 4) is 11.1 Å². The molecule has 1 unspecified atom stereocenters. The van der Waals surface area contributed by atoms with E-state index in [1.165, 1.54) is 27.8 Å². The van der Waals surface area contributed by atoms with E-state index in [0.717, 1.165) is 13.0 Å². The highest BCUT2D eigenvalue weighted by Crippen LogP contribution is 2.30. The molecule has 0 aromatic heterocycles. The van der Waals surface area contributed by atoms with Gasteiger partial charge in [0, 0.05) is 6.42 Å². The van der Waals surface area contributed by atoms with Gasteiger partial charge < -0.3 is 4.74 Å². The van der Waals surface area contributed by atoms with Gasteiger partial charge in [-0.2, -0.15) is 0 Å². The lowest BCUT2D eigenvalue weighted by Gasteiger charge is -2.11. The molecule has 1 saturated heterocycles. The van der Waals surface area contributed by atoms with Crippen LogP contribution in [0.25, 0.3) is 23.3 Å². The molecule has 1 heteroatoms. The van der Waals surface area contributed by atoms with Crippen LogP contribution < -0.4 is 0 Å². The van der Waals surface area contributed by atoms with E-state index in [1.54, 1.807) is 0 Å². The second-order valence-corrected chi connectivity index (χ2v) is 6.15. The fourth-order valence-corrected chi connectivity index (χ4v) is 3.03. The first kappa shape index (κ1) is 14.9. The van der Waals surface area contributed by atoms with E-state index >= 15 is 0 Å². The molecule has 0 radical (unpaired) electrons. The molecule has 3 aromatic carbocycles. The molecule has 1 heterocycles. The Morgan fingerprint density at radius 3 is 2.21 bits per heavy atom. The van der Waals surface area contributed by atoms with Gasteiger partial charge in [0.05, 0.1) is 12.7 Å². The average molecular weight is 312 g/mol. The smallest absolute Gasteiger partial charge is 0.0850 e. The van der Waals surface area contributed by atoms with Crippen LogP contribution in [0.15, 0.2) is 78.9 Å². The maximum Gasteiger partial charge on any atom is 0.0850 e. The van der Waals surface area contributed by atoms with Gasteiger partial charge >= 0.3 is 0 Å². The topological polar surface area (TPSA) is 12.5 Å². The third kappa shape index (κ3) is 3.47. The highest BCUT2D eigenvalue weighted by Gasteiger charge is 2.24. The Balaban J connectivity index is 1.70. The third-order valence-electron chi connectivity index (χ3n) is 4.37. The van der Waals surface area contributed by atoms with E-state index in [4.69, 9.17) is 4.74 Å². The van der Waals surface area contributed by atoms with Crippen molar-refractivity contribution in [3.63, 3.8) is 0 Å². The minimum Gasteiger partial charge on any atom is -0.373 e. The molecule has 0 aliphatic carbocycles. The van der Waals surface area contributed by atoms with Crippen LogP contribution in [-0.4, -0.2) is 12.7 Å². The molecule has 1 aliphatic rings. The molecule has 0 amide bonds. The van der Waals surface area contributed by atoms with Crippen molar-refractivity contribution in [2.24, 2.45) is 0 Å². The van der Waals surface area contributed by atoms with E-state index < -0.39 is 0 Å². The van der Waals surface area contributed by atoms with Crippen LogP contribution in [0.1, 0.15) is 16.7 Å². The van der Waals surface area contributed by atoms with Crippen molar-refractivity contribution < 1.29 is 4.74 Å². The third-order valence-corrected chi connectivity index (χ3v) is 4.37. The standard InChI is InChI=1S/C23H20O/c1-2-8-18(9-3-1)14-15-19-10-4-6-12-22(19)23-13-7-5-11-20(23)16-21-17-24-21/h1-15,21H,16-17H2/b15-14+. The van der Waals surface area contributed by atoms with Crippen LogP contribution in [0.5, 0.6) is 0 Å². The Bertz CT molecular complexity index is 845. The number of ether oxygens (including phenoxy) is 1. The minimum atomic E-state index is 0.401. The Kier molecular flexibility index (Phi) is 4.26. The molecule has 1 fully saturated rings. The Labute approximate surface area is 143 Å². The van der Waals surface area contributed by atoms with E-state index in [1.807, 2.05) is 6.07 Å². The number of hydrogen-bond donors (Lipinski definition) is 0. The molecule has 4 rings (SSSR count). The van der Waals surface area contributed by atoms with Gasteiger partial charge in [0.1, 0.15) is 0 Å². The molecule has 0 spiro atoms. The molecule has 1 aliphatic heterocycles. The lowest BCUT2D eigenvalue weighted by atomic mass is 9.93. The van der Waals surface area contributed by atoms with Crippen LogP contribution in [0.2, 0.25) is 0 Å². The van der Waals surface area contributed by atoms with Crippen molar-refractivity contribution in [1.29, 1.82) is 0 Å². The van der Waals surface area contributed by atoms with E-state index in [2.05, 4.69) is 84.9 Å². The van der Waals surface area contributed by atoms with Crippen molar-refractivity contribution in [1.82, 2.24) is 0 Å². The highest BCUT2D eigenvalue weighted by atomic mass is 16.6. The summed E-state index contributed by atoms with van der Waals surface area (Å²) in [6, 6.07) is 27.7. The SMILES string of the molecule is C(=C\c1ccccc1-c1ccccc1CC1CO1)/c1ccccc1. The zero-order valence-corrected chi connectivity index (χ0v) is 13.6. The highest BCUT2D eigenvalue weighted by molar-refractivity contribution is 5.82.